The number of nitrogens with one attached hydrogen (secondary N) is 1. The van der Waals surface area contributed by atoms with Crippen LogP contribution in [0, 0.1) is 5.82 Å². The van der Waals surface area contributed by atoms with Crippen molar-refractivity contribution >= 4 is 0 Å². The molecular formula is C12H15F4NO. The van der Waals surface area contributed by atoms with E-state index < -0.39 is 24.0 Å². The van der Waals surface area contributed by atoms with Gasteiger partial charge in [0.2, 0.25) is 0 Å². The summed E-state index contributed by atoms with van der Waals surface area (Å²) in [5, 5.41) is 3.01. The summed E-state index contributed by atoms with van der Waals surface area (Å²) in [6, 6.07) is 2.67. The largest absolute Gasteiger partial charge is 0.573 e. The van der Waals surface area contributed by atoms with E-state index in [2.05, 4.69) is 10.1 Å². The molecule has 2 nitrogen and oxygen atoms in total. The van der Waals surface area contributed by atoms with Gasteiger partial charge in [0.05, 0.1) is 0 Å². The minimum Gasteiger partial charge on any atom is -0.406 e. The monoisotopic (exact) mass is 265 g/mol. The predicted octanol–water partition coefficient (Wildman–Crippen LogP) is 3.78. The van der Waals surface area contributed by atoms with Crippen LogP contribution in [0.2, 0.25) is 0 Å². The van der Waals surface area contributed by atoms with Crippen LogP contribution in [0.4, 0.5) is 17.6 Å². The Hall–Kier alpha value is -1.30. The van der Waals surface area contributed by atoms with E-state index in [0.29, 0.717) is 0 Å². The first-order chi connectivity index (χ1) is 8.19. The molecule has 6 heteroatoms. The van der Waals surface area contributed by atoms with Gasteiger partial charge in [-0.1, -0.05) is 13.8 Å². The number of benzene rings is 1. The molecule has 0 aliphatic rings. The van der Waals surface area contributed by atoms with Crippen LogP contribution in [0.15, 0.2) is 18.2 Å². The van der Waals surface area contributed by atoms with Crippen LogP contribution in [-0.4, -0.2) is 12.4 Å². The van der Waals surface area contributed by atoms with E-state index >= 15 is 0 Å². The lowest BCUT2D eigenvalue weighted by atomic mass is 10.1. The maximum atomic E-state index is 13.5. The Bertz CT molecular complexity index is 404. The van der Waals surface area contributed by atoms with Gasteiger partial charge in [-0.3, -0.25) is 0 Å². The van der Waals surface area contributed by atoms with E-state index in [1.54, 1.807) is 6.92 Å². The Morgan fingerprint density at radius 1 is 1.17 bits per heavy atom. The zero-order chi connectivity index (χ0) is 13.9. The quantitative estimate of drug-likeness (QED) is 0.836. The average molecular weight is 265 g/mol. The summed E-state index contributed by atoms with van der Waals surface area (Å²) in [5.74, 6) is -0.985. The van der Waals surface area contributed by atoms with Gasteiger partial charge >= 0.3 is 6.36 Å². The lowest BCUT2D eigenvalue weighted by Gasteiger charge is -2.19. The van der Waals surface area contributed by atoms with E-state index in [9.17, 15) is 17.6 Å². The Labute approximate surface area is 103 Å². The first-order valence-corrected chi connectivity index (χ1v) is 5.50. The summed E-state index contributed by atoms with van der Waals surface area (Å²) in [6.45, 7) is 5.41. The number of hydrogen-bond acceptors (Lipinski definition) is 2. The van der Waals surface area contributed by atoms with E-state index in [0.717, 1.165) is 18.2 Å². The van der Waals surface area contributed by atoms with Crippen LogP contribution in [0.5, 0.6) is 5.75 Å². The Morgan fingerprint density at radius 2 is 1.78 bits per heavy atom. The standard InChI is InChI=1S/C12H15F4NO/c1-7(2)17-8(3)10-6-9(4-5-11(10)13)18-12(14,15)16/h4-8,17H,1-3H3/t8-/m1/s1. The third-order valence-electron chi connectivity index (χ3n) is 2.25. The molecule has 102 valence electrons. The van der Waals surface area contributed by atoms with Crippen molar-refractivity contribution in [2.75, 3.05) is 0 Å². The van der Waals surface area contributed by atoms with Crippen LogP contribution >= 0.6 is 0 Å². The molecule has 0 aromatic heterocycles. The predicted molar refractivity (Wildman–Crippen MR) is 59.8 cm³/mol. The topological polar surface area (TPSA) is 21.3 Å². The van der Waals surface area contributed by atoms with Gasteiger partial charge in [0.25, 0.3) is 0 Å². The molecule has 0 saturated carbocycles. The van der Waals surface area contributed by atoms with Crippen molar-refractivity contribution in [3.8, 4) is 5.75 Å². The molecule has 1 rings (SSSR count). The summed E-state index contributed by atoms with van der Waals surface area (Å²) in [7, 11) is 0. The second-order valence-electron chi connectivity index (χ2n) is 4.27. The van der Waals surface area contributed by atoms with Crippen LogP contribution in [0.3, 0.4) is 0 Å². The molecule has 0 saturated heterocycles. The fourth-order valence-corrected chi connectivity index (χ4v) is 1.64. The Balaban J connectivity index is 2.94. The second-order valence-corrected chi connectivity index (χ2v) is 4.27. The molecule has 0 radical (unpaired) electrons. The lowest BCUT2D eigenvalue weighted by molar-refractivity contribution is -0.274. The Kier molecular flexibility index (Phi) is 4.56. The number of rotatable bonds is 4. The summed E-state index contributed by atoms with van der Waals surface area (Å²) >= 11 is 0. The van der Waals surface area contributed by atoms with E-state index in [1.165, 1.54) is 0 Å². The maximum Gasteiger partial charge on any atom is 0.573 e. The third-order valence-corrected chi connectivity index (χ3v) is 2.25. The van der Waals surface area contributed by atoms with Crippen molar-refractivity contribution in [3.63, 3.8) is 0 Å². The van der Waals surface area contributed by atoms with E-state index in [4.69, 9.17) is 0 Å². The summed E-state index contributed by atoms with van der Waals surface area (Å²) in [5.41, 5.74) is 0.144. The first kappa shape index (κ1) is 14.8. The highest BCUT2D eigenvalue weighted by atomic mass is 19.4. The molecular weight excluding hydrogens is 250 g/mol. The van der Waals surface area contributed by atoms with Crippen molar-refractivity contribution in [3.05, 3.63) is 29.6 Å². The molecule has 1 N–H and O–H groups in total. The third kappa shape index (κ3) is 4.52. The minimum absolute atomic E-state index is 0.0894. The molecule has 0 amide bonds. The number of halogens is 4. The highest BCUT2D eigenvalue weighted by Crippen LogP contribution is 2.27. The van der Waals surface area contributed by atoms with Gasteiger partial charge < -0.3 is 10.1 Å². The smallest absolute Gasteiger partial charge is 0.406 e. The van der Waals surface area contributed by atoms with Gasteiger partial charge in [-0.25, -0.2) is 4.39 Å². The van der Waals surface area contributed by atoms with Crippen LogP contribution in [0.1, 0.15) is 32.4 Å². The molecule has 0 aliphatic carbocycles. The fraction of sp³-hybridized carbons (Fsp3) is 0.500. The van der Waals surface area contributed by atoms with Gasteiger partial charge in [0.15, 0.2) is 0 Å². The van der Waals surface area contributed by atoms with Crippen molar-refractivity contribution in [1.29, 1.82) is 0 Å². The molecule has 0 heterocycles. The van der Waals surface area contributed by atoms with Crippen molar-refractivity contribution < 1.29 is 22.3 Å². The molecule has 1 aromatic rings. The highest BCUT2D eigenvalue weighted by Gasteiger charge is 2.31. The lowest BCUT2D eigenvalue weighted by Crippen LogP contribution is -2.27. The average Bonchev–Trinajstić information content (AvgIpc) is 2.17. The van der Waals surface area contributed by atoms with Crippen LogP contribution in [-0.2, 0) is 0 Å². The number of hydrogen-bond donors (Lipinski definition) is 1. The van der Waals surface area contributed by atoms with Gasteiger partial charge in [0.1, 0.15) is 11.6 Å². The summed E-state index contributed by atoms with van der Waals surface area (Å²) in [6.07, 6.45) is -4.77. The first-order valence-electron chi connectivity index (χ1n) is 5.50. The minimum atomic E-state index is -4.77. The molecule has 0 aliphatic heterocycles. The van der Waals surface area contributed by atoms with Gasteiger partial charge in [-0.2, -0.15) is 0 Å². The second kappa shape index (κ2) is 5.56. The SMILES string of the molecule is CC(C)N[C@H](C)c1cc(OC(F)(F)F)ccc1F. The van der Waals surface area contributed by atoms with Gasteiger partial charge in [-0.05, 0) is 25.1 Å². The normalized spacial score (nSPS) is 13.8. The molecule has 0 bridgehead atoms. The molecule has 1 atom stereocenters. The number of ether oxygens (including phenoxy) is 1. The highest BCUT2D eigenvalue weighted by molar-refractivity contribution is 5.32. The van der Waals surface area contributed by atoms with E-state index in [-0.39, 0.29) is 11.6 Å². The molecule has 18 heavy (non-hydrogen) atoms. The van der Waals surface area contributed by atoms with Crippen molar-refractivity contribution in [1.82, 2.24) is 5.32 Å². The molecule has 0 fully saturated rings. The Morgan fingerprint density at radius 3 is 2.28 bits per heavy atom. The van der Waals surface area contributed by atoms with Gasteiger partial charge in [0, 0.05) is 17.6 Å². The maximum absolute atomic E-state index is 13.5. The van der Waals surface area contributed by atoms with E-state index in [1.807, 2.05) is 13.8 Å². The molecule has 1 aromatic carbocycles. The van der Waals surface area contributed by atoms with Crippen LogP contribution in [0.25, 0.3) is 0 Å². The van der Waals surface area contributed by atoms with Crippen molar-refractivity contribution in [2.45, 2.75) is 39.2 Å². The summed E-state index contributed by atoms with van der Waals surface area (Å²) in [4.78, 5) is 0. The fourth-order valence-electron chi connectivity index (χ4n) is 1.64. The summed E-state index contributed by atoms with van der Waals surface area (Å²) < 4.78 is 53.4. The zero-order valence-electron chi connectivity index (χ0n) is 10.3. The zero-order valence-corrected chi connectivity index (χ0v) is 10.3. The van der Waals surface area contributed by atoms with Crippen LogP contribution < -0.4 is 10.1 Å². The van der Waals surface area contributed by atoms with Gasteiger partial charge in [-0.15, -0.1) is 13.2 Å². The number of alkyl halides is 3. The molecule has 0 unspecified atom stereocenters. The molecule has 0 spiro atoms. The van der Waals surface area contributed by atoms with Crippen molar-refractivity contribution in [2.24, 2.45) is 0 Å².